The Balaban J connectivity index is 1.79. The minimum atomic E-state index is -0.589. The van der Waals surface area contributed by atoms with Crippen LogP contribution in [0.5, 0.6) is 0 Å². The van der Waals surface area contributed by atoms with Gasteiger partial charge in [-0.1, -0.05) is 12.1 Å². The molecule has 0 spiro atoms. The Morgan fingerprint density at radius 3 is 3.10 bits per heavy atom. The molecule has 0 saturated carbocycles. The summed E-state index contributed by atoms with van der Waals surface area (Å²) in [5.74, 6) is 0.305. The third kappa shape index (κ3) is 4.54. The third-order valence-electron chi connectivity index (χ3n) is 3.96. The maximum Gasteiger partial charge on any atom is 0.123 e. The molecule has 0 amide bonds. The quantitative estimate of drug-likeness (QED) is 0.870. The van der Waals surface area contributed by atoms with E-state index < -0.39 is 6.10 Å². The van der Waals surface area contributed by atoms with Crippen molar-refractivity contribution in [2.45, 2.75) is 25.4 Å². The molecule has 1 aliphatic heterocycles. The van der Waals surface area contributed by atoms with Crippen molar-refractivity contribution in [1.82, 2.24) is 4.90 Å². The Bertz CT molecular complexity index is 411. The van der Waals surface area contributed by atoms with E-state index in [1.165, 1.54) is 25.0 Å². The Morgan fingerprint density at radius 2 is 2.35 bits per heavy atom. The second-order valence-electron chi connectivity index (χ2n) is 5.62. The zero-order chi connectivity index (χ0) is 14.4. The van der Waals surface area contributed by atoms with Crippen LogP contribution in [0, 0.1) is 11.7 Å². The summed E-state index contributed by atoms with van der Waals surface area (Å²) in [6, 6.07) is 6.23. The normalized spacial score (nSPS) is 21.9. The summed E-state index contributed by atoms with van der Waals surface area (Å²) in [6.07, 6.45) is 2.46. The molecule has 2 atom stereocenters. The summed E-state index contributed by atoms with van der Waals surface area (Å²) < 4.78 is 18.3. The Hall–Kier alpha value is -0.970. The van der Waals surface area contributed by atoms with Gasteiger partial charge in [-0.3, -0.25) is 0 Å². The average molecular weight is 281 g/mol. The van der Waals surface area contributed by atoms with Crippen molar-refractivity contribution >= 4 is 0 Å². The third-order valence-corrected chi connectivity index (χ3v) is 3.96. The van der Waals surface area contributed by atoms with Crippen molar-refractivity contribution in [1.29, 1.82) is 0 Å². The maximum absolute atomic E-state index is 13.1. The number of halogens is 1. The highest BCUT2D eigenvalue weighted by Crippen LogP contribution is 2.21. The van der Waals surface area contributed by atoms with Gasteiger partial charge in [-0.2, -0.15) is 0 Å². The molecule has 1 N–H and O–H groups in total. The van der Waals surface area contributed by atoms with Crippen molar-refractivity contribution < 1.29 is 14.2 Å². The van der Waals surface area contributed by atoms with Gasteiger partial charge in [0.15, 0.2) is 0 Å². The lowest BCUT2D eigenvalue weighted by Crippen LogP contribution is -2.38. The monoisotopic (exact) mass is 281 g/mol. The molecule has 0 aliphatic carbocycles. The molecule has 112 valence electrons. The smallest absolute Gasteiger partial charge is 0.123 e. The summed E-state index contributed by atoms with van der Waals surface area (Å²) in [5.41, 5.74) is 0.662. The summed E-state index contributed by atoms with van der Waals surface area (Å²) in [7, 11) is 1.74. The van der Waals surface area contributed by atoms with Crippen LogP contribution >= 0.6 is 0 Å². The molecule has 3 nitrogen and oxygen atoms in total. The van der Waals surface area contributed by atoms with Gasteiger partial charge in [-0.05, 0) is 49.4 Å². The zero-order valence-electron chi connectivity index (χ0n) is 12.1. The average Bonchev–Trinajstić information content (AvgIpc) is 2.45. The predicted octanol–water partition coefficient (Wildman–Crippen LogP) is 2.61. The fourth-order valence-electron chi connectivity index (χ4n) is 2.91. The van der Waals surface area contributed by atoms with E-state index in [0.29, 0.717) is 17.9 Å². The number of piperidine rings is 1. The molecule has 1 aromatic carbocycles. The Morgan fingerprint density at radius 1 is 1.50 bits per heavy atom. The van der Waals surface area contributed by atoms with E-state index in [-0.39, 0.29) is 5.82 Å². The minimum Gasteiger partial charge on any atom is -0.388 e. The van der Waals surface area contributed by atoms with Crippen molar-refractivity contribution in [3.8, 4) is 0 Å². The van der Waals surface area contributed by atoms with Crippen molar-refractivity contribution in [3.63, 3.8) is 0 Å². The highest BCUT2D eigenvalue weighted by atomic mass is 19.1. The van der Waals surface area contributed by atoms with Gasteiger partial charge in [0.1, 0.15) is 5.82 Å². The van der Waals surface area contributed by atoms with E-state index in [2.05, 4.69) is 4.90 Å². The lowest BCUT2D eigenvalue weighted by molar-refractivity contribution is 0.0778. The van der Waals surface area contributed by atoms with Gasteiger partial charge in [0.25, 0.3) is 0 Å². The van der Waals surface area contributed by atoms with Crippen molar-refractivity contribution in [2.24, 2.45) is 5.92 Å². The second-order valence-corrected chi connectivity index (χ2v) is 5.62. The van der Waals surface area contributed by atoms with Crippen LogP contribution in [0.3, 0.4) is 0 Å². The molecule has 20 heavy (non-hydrogen) atoms. The predicted molar refractivity (Wildman–Crippen MR) is 77.0 cm³/mol. The SMILES string of the molecule is COCC1CCCN(CCC(O)c2cccc(F)c2)C1. The zero-order valence-corrected chi connectivity index (χ0v) is 12.1. The van der Waals surface area contributed by atoms with Gasteiger partial charge in [-0.25, -0.2) is 4.39 Å². The van der Waals surface area contributed by atoms with Crippen molar-refractivity contribution in [3.05, 3.63) is 35.6 Å². The Labute approximate surface area is 120 Å². The molecular formula is C16H24FNO2. The molecule has 0 bridgehead atoms. The van der Waals surface area contributed by atoms with Gasteiger partial charge in [0, 0.05) is 20.2 Å². The number of methoxy groups -OCH3 is 1. The molecule has 4 heteroatoms. The van der Waals surface area contributed by atoms with E-state index >= 15 is 0 Å². The number of aliphatic hydroxyl groups excluding tert-OH is 1. The second kappa shape index (κ2) is 7.72. The van der Waals surface area contributed by atoms with Gasteiger partial charge in [-0.15, -0.1) is 0 Å². The molecule has 2 unspecified atom stereocenters. The minimum absolute atomic E-state index is 0.292. The van der Waals surface area contributed by atoms with Gasteiger partial charge in [0.05, 0.1) is 12.7 Å². The van der Waals surface area contributed by atoms with Crippen LogP contribution in [0.15, 0.2) is 24.3 Å². The van der Waals surface area contributed by atoms with Crippen LogP contribution in [0.4, 0.5) is 4.39 Å². The van der Waals surface area contributed by atoms with Crippen LogP contribution in [0.2, 0.25) is 0 Å². The molecule has 1 aromatic rings. The number of hydrogen-bond donors (Lipinski definition) is 1. The molecule has 0 aromatic heterocycles. The lowest BCUT2D eigenvalue weighted by Gasteiger charge is -2.32. The number of hydrogen-bond acceptors (Lipinski definition) is 3. The first-order valence-corrected chi connectivity index (χ1v) is 7.34. The first-order chi connectivity index (χ1) is 9.69. The highest BCUT2D eigenvalue weighted by molar-refractivity contribution is 5.18. The fraction of sp³-hybridized carbons (Fsp3) is 0.625. The molecule has 1 aliphatic rings. The highest BCUT2D eigenvalue weighted by Gasteiger charge is 2.20. The van der Waals surface area contributed by atoms with Gasteiger partial charge < -0.3 is 14.7 Å². The van der Waals surface area contributed by atoms with Crippen LogP contribution in [0.25, 0.3) is 0 Å². The number of likely N-dealkylation sites (tertiary alicyclic amines) is 1. The van der Waals surface area contributed by atoms with Crippen LogP contribution in [0.1, 0.15) is 30.9 Å². The maximum atomic E-state index is 13.1. The largest absolute Gasteiger partial charge is 0.388 e. The van der Waals surface area contributed by atoms with E-state index in [1.807, 2.05) is 0 Å². The number of benzene rings is 1. The first kappa shape index (κ1) is 15.4. The van der Waals surface area contributed by atoms with E-state index in [0.717, 1.165) is 26.2 Å². The number of aliphatic hydroxyl groups is 1. The topological polar surface area (TPSA) is 32.7 Å². The Kier molecular flexibility index (Phi) is 5.95. The number of ether oxygens (including phenoxy) is 1. The molecule has 1 saturated heterocycles. The number of rotatable bonds is 6. The molecular weight excluding hydrogens is 257 g/mol. The van der Waals surface area contributed by atoms with Crippen molar-refractivity contribution in [2.75, 3.05) is 33.4 Å². The molecule has 2 rings (SSSR count). The number of nitrogens with zero attached hydrogens (tertiary/aromatic N) is 1. The summed E-state index contributed by atoms with van der Waals surface area (Å²) in [5, 5.41) is 10.1. The lowest BCUT2D eigenvalue weighted by atomic mass is 9.98. The van der Waals surface area contributed by atoms with E-state index in [4.69, 9.17) is 4.74 Å². The van der Waals surface area contributed by atoms with E-state index in [1.54, 1.807) is 19.2 Å². The summed E-state index contributed by atoms with van der Waals surface area (Å²) in [4.78, 5) is 2.37. The summed E-state index contributed by atoms with van der Waals surface area (Å²) in [6.45, 7) is 3.76. The van der Waals surface area contributed by atoms with E-state index in [9.17, 15) is 9.50 Å². The molecule has 1 fully saturated rings. The van der Waals surface area contributed by atoms with Gasteiger partial charge in [0.2, 0.25) is 0 Å². The van der Waals surface area contributed by atoms with Gasteiger partial charge >= 0.3 is 0 Å². The van der Waals surface area contributed by atoms with Crippen LogP contribution in [-0.2, 0) is 4.74 Å². The molecule has 0 radical (unpaired) electrons. The van der Waals surface area contributed by atoms with Crippen LogP contribution < -0.4 is 0 Å². The fourth-order valence-corrected chi connectivity index (χ4v) is 2.91. The first-order valence-electron chi connectivity index (χ1n) is 7.34. The molecule has 1 heterocycles. The summed E-state index contributed by atoms with van der Waals surface area (Å²) >= 11 is 0. The standard InChI is InChI=1S/C16H24FNO2/c1-20-12-13-4-3-8-18(11-13)9-7-16(19)14-5-2-6-15(17)10-14/h2,5-6,10,13,16,19H,3-4,7-9,11-12H2,1H3. The van der Waals surface area contributed by atoms with Crippen LogP contribution in [-0.4, -0.2) is 43.4 Å².